The molecule has 2 aromatic carbocycles. The van der Waals surface area contributed by atoms with Gasteiger partial charge in [-0.1, -0.05) is 47.1 Å². The fraction of sp³-hybridized carbons (Fsp3) is 0.286. The van der Waals surface area contributed by atoms with Crippen LogP contribution in [0.15, 0.2) is 53.1 Å². The fourth-order valence-electron chi connectivity index (χ4n) is 3.46. The van der Waals surface area contributed by atoms with Gasteiger partial charge in [0.05, 0.1) is 10.6 Å². The molecule has 0 aliphatic carbocycles. The van der Waals surface area contributed by atoms with Crippen LogP contribution in [-0.2, 0) is 6.42 Å². The first-order valence-corrected chi connectivity index (χ1v) is 9.60. The molecule has 1 amide bonds. The Hall–Kier alpha value is -2.73. The van der Waals surface area contributed by atoms with Gasteiger partial charge in [-0.25, -0.2) is 4.39 Å². The molecule has 1 fully saturated rings. The Morgan fingerprint density at radius 3 is 2.64 bits per heavy atom. The third-order valence-corrected chi connectivity index (χ3v) is 5.34. The Kier molecular flexibility index (Phi) is 5.39. The lowest BCUT2D eigenvalue weighted by Gasteiger charge is -2.31. The van der Waals surface area contributed by atoms with E-state index in [4.69, 9.17) is 16.1 Å². The van der Waals surface area contributed by atoms with Crippen LogP contribution in [0.1, 0.15) is 29.1 Å². The van der Waals surface area contributed by atoms with E-state index < -0.39 is 5.82 Å². The van der Waals surface area contributed by atoms with Gasteiger partial charge in [-0.3, -0.25) is 4.79 Å². The quantitative estimate of drug-likeness (QED) is 0.642. The van der Waals surface area contributed by atoms with Crippen LogP contribution in [0, 0.1) is 11.7 Å². The van der Waals surface area contributed by atoms with Crippen LogP contribution in [0.25, 0.3) is 11.4 Å². The van der Waals surface area contributed by atoms with Crippen LogP contribution >= 0.6 is 11.6 Å². The van der Waals surface area contributed by atoms with Crippen molar-refractivity contribution < 1.29 is 13.7 Å². The highest BCUT2D eigenvalue weighted by molar-refractivity contribution is 6.33. The minimum absolute atomic E-state index is 0.145. The standard InChI is InChI=1S/C21H19ClFN3O2/c22-18-13-16(23)6-7-17(18)21(27)26-10-8-14(9-11-26)12-19-24-20(25-28-19)15-4-2-1-3-5-15/h1-7,13-14H,8-12H2. The summed E-state index contributed by atoms with van der Waals surface area (Å²) in [5.74, 6) is 0.971. The molecule has 0 bridgehead atoms. The maximum absolute atomic E-state index is 13.2. The summed E-state index contributed by atoms with van der Waals surface area (Å²) in [5.41, 5.74) is 1.26. The molecule has 1 aliphatic heterocycles. The first kappa shape index (κ1) is 18.6. The molecule has 3 aromatic rings. The Morgan fingerprint density at radius 1 is 1.18 bits per heavy atom. The van der Waals surface area contributed by atoms with E-state index >= 15 is 0 Å². The summed E-state index contributed by atoms with van der Waals surface area (Å²) in [6.45, 7) is 1.24. The molecule has 0 atom stereocenters. The maximum Gasteiger partial charge on any atom is 0.255 e. The van der Waals surface area contributed by atoms with E-state index in [2.05, 4.69) is 10.1 Å². The van der Waals surface area contributed by atoms with Gasteiger partial charge < -0.3 is 9.42 Å². The smallest absolute Gasteiger partial charge is 0.255 e. The number of hydrogen-bond acceptors (Lipinski definition) is 4. The topological polar surface area (TPSA) is 59.2 Å². The van der Waals surface area contributed by atoms with Crippen LogP contribution in [0.4, 0.5) is 4.39 Å². The Balaban J connectivity index is 1.34. The van der Waals surface area contributed by atoms with Crippen molar-refractivity contribution in [1.82, 2.24) is 15.0 Å². The summed E-state index contributed by atoms with van der Waals surface area (Å²) < 4.78 is 18.6. The molecule has 0 saturated carbocycles. The van der Waals surface area contributed by atoms with Crippen LogP contribution in [-0.4, -0.2) is 34.0 Å². The van der Waals surface area contributed by atoms with Gasteiger partial charge in [-0.15, -0.1) is 0 Å². The number of benzene rings is 2. The van der Waals surface area contributed by atoms with Gasteiger partial charge in [0, 0.05) is 25.1 Å². The molecule has 1 aliphatic rings. The van der Waals surface area contributed by atoms with Crippen molar-refractivity contribution in [2.75, 3.05) is 13.1 Å². The van der Waals surface area contributed by atoms with E-state index in [-0.39, 0.29) is 10.9 Å². The highest BCUT2D eigenvalue weighted by Gasteiger charge is 2.26. The second-order valence-corrected chi connectivity index (χ2v) is 7.35. The molecular weight excluding hydrogens is 381 g/mol. The van der Waals surface area contributed by atoms with E-state index in [1.165, 1.54) is 18.2 Å². The van der Waals surface area contributed by atoms with Crippen LogP contribution in [0.5, 0.6) is 0 Å². The molecule has 5 nitrogen and oxygen atoms in total. The van der Waals surface area contributed by atoms with Crippen molar-refractivity contribution >= 4 is 17.5 Å². The van der Waals surface area contributed by atoms with E-state index in [9.17, 15) is 9.18 Å². The van der Waals surface area contributed by atoms with Gasteiger partial charge in [-0.2, -0.15) is 4.98 Å². The molecule has 0 radical (unpaired) electrons. The molecular formula is C21H19ClFN3O2. The number of amides is 1. The number of piperidine rings is 1. The summed E-state index contributed by atoms with van der Waals surface area (Å²) in [5, 5.41) is 4.20. The number of carbonyl (C=O) groups is 1. The van der Waals surface area contributed by atoms with E-state index in [1.54, 1.807) is 4.90 Å². The van der Waals surface area contributed by atoms with Crippen molar-refractivity contribution in [3.63, 3.8) is 0 Å². The Labute approximate surface area is 167 Å². The van der Waals surface area contributed by atoms with Gasteiger partial charge in [-0.05, 0) is 37.0 Å². The Morgan fingerprint density at radius 2 is 1.93 bits per heavy atom. The average Bonchev–Trinajstić information content (AvgIpc) is 3.17. The second kappa shape index (κ2) is 8.10. The molecule has 1 aromatic heterocycles. The molecule has 2 heterocycles. The monoisotopic (exact) mass is 399 g/mol. The van der Waals surface area contributed by atoms with Gasteiger partial charge in [0.1, 0.15) is 5.82 Å². The predicted octanol–water partition coefficient (Wildman–Crippen LogP) is 4.62. The van der Waals surface area contributed by atoms with Crippen LogP contribution in [0.2, 0.25) is 5.02 Å². The number of aromatic nitrogens is 2. The summed E-state index contributed by atoms with van der Waals surface area (Å²) in [4.78, 5) is 18.9. The molecule has 144 valence electrons. The third kappa shape index (κ3) is 4.07. The minimum atomic E-state index is -0.449. The Bertz CT molecular complexity index is 969. The van der Waals surface area contributed by atoms with Crippen molar-refractivity contribution in [3.05, 3.63) is 70.8 Å². The summed E-state index contributed by atoms with van der Waals surface area (Å²) in [6.07, 6.45) is 2.38. The number of hydrogen-bond donors (Lipinski definition) is 0. The van der Waals surface area contributed by atoms with Crippen molar-refractivity contribution in [1.29, 1.82) is 0 Å². The number of rotatable bonds is 4. The number of nitrogens with zero attached hydrogens (tertiary/aromatic N) is 3. The molecule has 1 saturated heterocycles. The molecule has 0 N–H and O–H groups in total. The van der Waals surface area contributed by atoms with Gasteiger partial charge in [0.2, 0.25) is 11.7 Å². The van der Waals surface area contributed by atoms with E-state index in [1.807, 2.05) is 30.3 Å². The predicted molar refractivity (Wildman–Crippen MR) is 103 cm³/mol. The first-order valence-electron chi connectivity index (χ1n) is 9.22. The van der Waals surface area contributed by atoms with E-state index in [0.717, 1.165) is 18.4 Å². The second-order valence-electron chi connectivity index (χ2n) is 6.94. The zero-order chi connectivity index (χ0) is 19.5. The minimum Gasteiger partial charge on any atom is -0.339 e. The number of carbonyl (C=O) groups excluding carboxylic acids is 1. The lowest BCUT2D eigenvalue weighted by atomic mass is 9.93. The SMILES string of the molecule is O=C(c1ccc(F)cc1Cl)N1CCC(Cc2nc(-c3ccccc3)no2)CC1. The molecule has 28 heavy (non-hydrogen) atoms. The lowest BCUT2D eigenvalue weighted by molar-refractivity contribution is 0.0687. The summed E-state index contributed by atoms with van der Waals surface area (Å²) in [6, 6.07) is 13.6. The number of halogens is 2. The zero-order valence-corrected chi connectivity index (χ0v) is 15.9. The molecule has 0 unspecified atom stereocenters. The fourth-order valence-corrected chi connectivity index (χ4v) is 3.71. The van der Waals surface area contributed by atoms with Crippen LogP contribution in [0.3, 0.4) is 0 Å². The van der Waals surface area contributed by atoms with Crippen LogP contribution < -0.4 is 0 Å². The molecule has 4 rings (SSSR count). The van der Waals surface area contributed by atoms with Crippen molar-refractivity contribution in [3.8, 4) is 11.4 Å². The van der Waals surface area contributed by atoms with E-state index in [0.29, 0.717) is 42.7 Å². The lowest BCUT2D eigenvalue weighted by Crippen LogP contribution is -2.39. The maximum atomic E-state index is 13.2. The largest absolute Gasteiger partial charge is 0.339 e. The highest BCUT2D eigenvalue weighted by atomic mass is 35.5. The first-order chi connectivity index (χ1) is 13.6. The van der Waals surface area contributed by atoms with Gasteiger partial charge in [0.15, 0.2) is 0 Å². The summed E-state index contributed by atoms with van der Waals surface area (Å²) >= 11 is 6.02. The van der Waals surface area contributed by atoms with Gasteiger partial charge in [0.25, 0.3) is 5.91 Å². The summed E-state index contributed by atoms with van der Waals surface area (Å²) in [7, 11) is 0. The molecule has 7 heteroatoms. The average molecular weight is 400 g/mol. The highest BCUT2D eigenvalue weighted by Crippen LogP contribution is 2.25. The third-order valence-electron chi connectivity index (χ3n) is 5.03. The van der Waals surface area contributed by atoms with Crippen molar-refractivity contribution in [2.45, 2.75) is 19.3 Å². The normalized spacial score (nSPS) is 15.0. The van der Waals surface area contributed by atoms with Crippen molar-refractivity contribution in [2.24, 2.45) is 5.92 Å². The number of likely N-dealkylation sites (tertiary alicyclic amines) is 1. The molecule has 0 spiro atoms. The zero-order valence-electron chi connectivity index (χ0n) is 15.1. The van der Waals surface area contributed by atoms with Gasteiger partial charge >= 0.3 is 0 Å².